The van der Waals surface area contributed by atoms with Crippen molar-refractivity contribution in [1.29, 1.82) is 0 Å². The Morgan fingerprint density at radius 3 is 2.25 bits per heavy atom. The molecule has 0 saturated carbocycles. The number of methoxy groups -OCH3 is 1. The summed E-state index contributed by atoms with van der Waals surface area (Å²) in [5.41, 5.74) is -0.467. The van der Waals surface area contributed by atoms with E-state index in [4.69, 9.17) is 27.9 Å². The highest BCUT2D eigenvalue weighted by molar-refractivity contribution is 6.42. The Kier molecular flexibility index (Phi) is 10.3. The summed E-state index contributed by atoms with van der Waals surface area (Å²) in [5, 5.41) is 22.2. The van der Waals surface area contributed by atoms with Gasteiger partial charge in [-0.3, -0.25) is 4.79 Å². The van der Waals surface area contributed by atoms with Gasteiger partial charge < -0.3 is 25.2 Å². The SMILES string of the molecule is COc1ccc(C(NC(=O)O)[C@](CCCO)(CN(C)C(=O)CC(F)(F)F)c2ccc(Cl)c(Cl)c2)cc1. The first-order valence-corrected chi connectivity index (χ1v) is 11.6. The molecule has 7 nitrogen and oxygen atoms in total. The van der Waals surface area contributed by atoms with Crippen LogP contribution in [0.1, 0.15) is 36.4 Å². The van der Waals surface area contributed by atoms with Crippen LogP contribution in [0.3, 0.4) is 0 Å². The molecule has 198 valence electrons. The van der Waals surface area contributed by atoms with Crippen LogP contribution < -0.4 is 10.1 Å². The maximum absolute atomic E-state index is 13.0. The van der Waals surface area contributed by atoms with Gasteiger partial charge in [-0.25, -0.2) is 4.79 Å². The normalized spacial score (nSPS) is 14.0. The fourth-order valence-corrected chi connectivity index (χ4v) is 4.49. The lowest BCUT2D eigenvalue weighted by Crippen LogP contribution is -2.51. The predicted octanol–water partition coefficient (Wildman–Crippen LogP) is 5.43. The maximum atomic E-state index is 13.0. The van der Waals surface area contributed by atoms with Crippen molar-refractivity contribution in [3.63, 3.8) is 0 Å². The minimum absolute atomic E-state index is 0.0854. The Bertz CT molecular complexity index is 1050. The van der Waals surface area contributed by atoms with Crippen LogP contribution in [0.15, 0.2) is 42.5 Å². The number of carbonyl (C=O) groups is 2. The van der Waals surface area contributed by atoms with Crippen molar-refractivity contribution >= 4 is 35.2 Å². The number of carboxylic acid groups (broad SMARTS) is 1. The van der Waals surface area contributed by atoms with Crippen LogP contribution in [-0.2, 0) is 10.2 Å². The van der Waals surface area contributed by atoms with Gasteiger partial charge in [0.2, 0.25) is 5.91 Å². The van der Waals surface area contributed by atoms with Crippen molar-refractivity contribution in [1.82, 2.24) is 10.2 Å². The zero-order valence-electron chi connectivity index (χ0n) is 19.6. The van der Waals surface area contributed by atoms with E-state index < -0.39 is 36.1 Å². The van der Waals surface area contributed by atoms with E-state index in [9.17, 15) is 33.0 Å². The average Bonchev–Trinajstić information content (AvgIpc) is 2.81. The molecule has 36 heavy (non-hydrogen) atoms. The van der Waals surface area contributed by atoms with E-state index in [-0.39, 0.29) is 36.0 Å². The van der Waals surface area contributed by atoms with E-state index in [1.165, 1.54) is 26.3 Å². The van der Waals surface area contributed by atoms with Crippen LogP contribution in [0.2, 0.25) is 10.0 Å². The van der Waals surface area contributed by atoms with E-state index in [0.29, 0.717) is 16.9 Å². The van der Waals surface area contributed by atoms with Crippen LogP contribution >= 0.6 is 23.2 Å². The molecule has 0 radical (unpaired) electrons. The highest BCUT2D eigenvalue weighted by Gasteiger charge is 2.45. The first-order chi connectivity index (χ1) is 16.8. The summed E-state index contributed by atoms with van der Waals surface area (Å²) in [5.74, 6) is -0.694. The average molecular weight is 551 g/mol. The van der Waals surface area contributed by atoms with Crippen molar-refractivity contribution in [2.24, 2.45) is 0 Å². The molecule has 3 N–H and O–H groups in total. The summed E-state index contributed by atoms with van der Waals surface area (Å²) in [6.45, 7) is -0.609. The molecule has 0 aliphatic heterocycles. The van der Waals surface area contributed by atoms with Gasteiger partial charge in [-0.2, -0.15) is 13.2 Å². The molecule has 0 aromatic heterocycles. The fraction of sp³-hybridized carbons (Fsp3) is 0.417. The largest absolute Gasteiger partial charge is 0.497 e. The number of aliphatic hydroxyl groups is 1. The number of nitrogens with one attached hydrogen (secondary N) is 1. The highest BCUT2D eigenvalue weighted by Crippen LogP contribution is 2.44. The van der Waals surface area contributed by atoms with Gasteiger partial charge in [-0.1, -0.05) is 41.4 Å². The lowest BCUT2D eigenvalue weighted by atomic mass is 9.68. The van der Waals surface area contributed by atoms with Crippen LogP contribution in [0.5, 0.6) is 5.75 Å². The molecule has 0 heterocycles. The number of aliphatic hydroxyl groups excluding tert-OH is 1. The van der Waals surface area contributed by atoms with Gasteiger partial charge in [0.05, 0.1) is 23.2 Å². The van der Waals surface area contributed by atoms with Gasteiger partial charge in [0.25, 0.3) is 0 Å². The number of benzene rings is 2. The molecule has 2 aromatic rings. The second-order valence-corrected chi connectivity index (χ2v) is 9.12. The lowest BCUT2D eigenvalue weighted by molar-refractivity contribution is -0.161. The third kappa shape index (κ3) is 7.65. The Morgan fingerprint density at radius 2 is 1.75 bits per heavy atom. The zero-order chi connectivity index (χ0) is 27.1. The molecule has 0 aliphatic carbocycles. The smallest absolute Gasteiger partial charge is 0.405 e. The Morgan fingerprint density at radius 1 is 1.11 bits per heavy atom. The number of amides is 2. The monoisotopic (exact) mass is 550 g/mol. The van der Waals surface area contributed by atoms with Crippen molar-refractivity contribution in [2.75, 3.05) is 27.3 Å². The molecule has 0 fully saturated rings. The first kappa shape index (κ1) is 29.5. The summed E-state index contributed by atoms with van der Waals surface area (Å²) >= 11 is 12.4. The molecular formula is C24H27Cl2F3N2O5. The summed E-state index contributed by atoms with van der Waals surface area (Å²) in [4.78, 5) is 25.3. The molecule has 0 bridgehead atoms. The topological polar surface area (TPSA) is 99.1 Å². The van der Waals surface area contributed by atoms with Crippen molar-refractivity contribution in [3.8, 4) is 5.75 Å². The summed E-state index contributed by atoms with van der Waals surface area (Å²) in [6, 6.07) is 9.93. The van der Waals surface area contributed by atoms with Gasteiger partial charge in [0, 0.05) is 25.6 Å². The van der Waals surface area contributed by atoms with Crippen LogP contribution in [0.4, 0.5) is 18.0 Å². The molecule has 2 amide bonds. The van der Waals surface area contributed by atoms with Gasteiger partial charge in [-0.05, 0) is 48.2 Å². The molecule has 0 spiro atoms. The Labute approximate surface area is 216 Å². The van der Waals surface area contributed by atoms with E-state index >= 15 is 0 Å². The fourth-order valence-electron chi connectivity index (χ4n) is 4.20. The molecule has 2 rings (SSSR count). The van der Waals surface area contributed by atoms with Crippen LogP contribution in [0.25, 0.3) is 0 Å². The molecule has 1 unspecified atom stereocenters. The van der Waals surface area contributed by atoms with Crippen molar-refractivity contribution < 1.29 is 37.7 Å². The molecule has 2 atom stereocenters. The number of hydrogen-bond donors (Lipinski definition) is 3. The maximum Gasteiger partial charge on any atom is 0.405 e. The first-order valence-electron chi connectivity index (χ1n) is 10.8. The van der Waals surface area contributed by atoms with Gasteiger partial charge in [0.15, 0.2) is 0 Å². The third-order valence-electron chi connectivity index (χ3n) is 5.84. The molecule has 2 aromatic carbocycles. The van der Waals surface area contributed by atoms with Crippen LogP contribution in [-0.4, -0.2) is 60.6 Å². The number of carbonyl (C=O) groups excluding carboxylic acids is 1. The van der Waals surface area contributed by atoms with Gasteiger partial charge >= 0.3 is 12.3 Å². The summed E-state index contributed by atoms with van der Waals surface area (Å²) in [6.07, 6.45) is -7.57. The molecule has 0 aliphatic rings. The molecule has 12 heteroatoms. The minimum atomic E-state index is -4.72. The van der Waals surface area contributed by atoms with Gasteiger partial charge in [-0.15, -0.1) is 0 Å². The Hall–Kier alpha value is -2.69. The number of alkyl halides is 3. The number of ether oxygens (including phenoxy) is 1. The third-order valence-corrected chi connectivity index (χ3v) is 6.58. The van der Waals surface area contributed by atoms with Gasteiger partial charge in [0.1, 0.15) is 12.2 Å². The number of halogens is 5. The number of rotatable bonds is 11. The zero-order valence-corrected chi connectivity index (χ0v) is 21.1. The summed E-state index contributed by atoms with van der Waals surface area (Å²) < 4.78 is 44.1. The summed E-state index contributed by atoms with van der Waals surface area (Å²) in [7, 11) is 2.68. The quantitative estimate of drug-likeness (QED) is 0.346. The standard InChI is InChI=1S/C24H27Cl2F3N2O5/c1-31(20(33)13-24(27,28)29)14-23(10-3-11-32,16-6-9-18(25)19(26)12-16)21(30-22(34)35)15-4-7-17(36-2)8-5-15/h4-9,12,21,30,32H,3,10-11,13-14H2,1-2H3,(H,34,35)/t21?,23-/m1/s1. The van der Waals surface area contributed by atoms with E-state index in [2.05, 4.69) is 5.32 Å². The van der Waals surface area contributed by atoms with E-state index in [0.717, 1.165) is 4.90 Å². The van der Waals surface area contributed by atoms with E-state index in [1.807, 2.05) is 0 Å². The number of hydrogen-bond acceptors (Lipinski definition) is 4. The highest BCUT2D eigenvalue weighted by atomic mass is 35.5. The van der Waals surface area contributed by atoms with E-state index in [1.54, 1.807) is 30.3 Å². The van der Waals surface area contributed by atoms with Crippen molar-refractivity contribution in [2.45, 2.75) is 36.9 Å². The predicted molar refractivity (Wildman–Crippen MR) is 130 cm³/mol. The van der Waals surface area contributed by atoms with Crippen LogP contribution in [0, 0.1) is 0 Å². The molecule has 0 saturated heterocycles. The Balaban J connectivity index is 2.76. The second kappa shape index (κ2) is 12.5. The second-order valence-electron chi connectivity index (χ2n) is 8.31. The number of likely N-dealkylation sites (N-methyl/N-ethyl adjacent to an activating group) is 1. The molecular weight excluding hydrogens is 524 g/mol. The van der Waals surface area contributed by atoms with Crippen molar-refractivity contribution in [3.05, 3.63) is 63.6 Å². The minimum Gasteiger partial charge on any atom is -0.497 e. The lowest BCUT2D eigenvalue weighted by Gasteiger charge is -2.44. The number of nitrogens with zero attached hydrogens (tertiary/aromatic N) is 1.